The molecule has 0 bridgehead atoms. The van der Waals surface area contributed by atoms with Crippen LogP contribution in [-0.4, -0.2) is 181 Å². The van der Waals surface area contributed by atoms with Crippen molar-refractivity contribution >= 4 is 68.9 Å². The summed E-state index contributed by atoms with van der Waals surface area (Å²) in [4.78, 5) is 60.0. The van der Waals surface area contributed by atoms with Gasteiger partial charge in [-0.1, -0.05) is 0 Å². The quantitative estimate of drug-likeness (QED) is 0.0393. The predicted octanol–water partition coefficient (Wildman–Crippen LogP) is 18.5. The van der Waals surface area contributed by atoms with Crippen LogP contribution >= 0.6 is 34.0 Å². The molecule has 2 atom stereocenters. The number of rotatable bonds is 18. The summed E-state index contributed by atoms with van der Waals surface area (Å²) in [5, 5.41) is 52.7. The Morgan fingerprint density at radius 3 is 1.05 bits per heavy atom. The number of aryl methyl sites for hydroxylation is 8. The highest BCUT2D eigenvalue weighted by atomic mass is 32.1. The second-order valence-corrected chi connectivity index (χ2v) is 34.3. The van der Waals surface area contributed by atoms with Gasteiger partial charge in [0, 0.05) is 194 Å². The Hall–Kier alpha value is -9.31. The van der Waals surface area contributed by atoms with Crippen LogP contribution < -0.4 is 31.5 Å². The van der Waals surface area contributed by atoms with E-state index in [9.17, 15) is 54.1 Å². The number of halogens is 10. The zero-order valence-electron chi connectivity index (χ0n) is 68.7. The third-order valence-electron chi connectivity index (χ3n) is 21.0. The molecule has 120 heavy (non-hydrogen) atoms. The van der Waals surface area contributed by atoms with Gasteiger partial charge in [-0.15, -0.1) is 34.0 Å². The van der Waals surface area contributed by atoms with Crippen molar-refractivity contribution < 1.29 is 58.9 Å². The van der Waals surface area contributed by atoms with Gasteiger partial charge in [0.05, 0.1) is 48.2 Å². The second-order valence-electron chi connectivity index (χ2n) is 31.8. The lowest BCUT2D eigenvalue weighted by Gasteiger charge is -2.30. The molecule has 7 N–H and O–H groups in total. The van der Waals surface area contributed by atoms with E-state index in [4.69, 9.17) is 4.74 Å². The summed E-state index contributed by atoms with van der Waals surface area (Å²) in [7, 11) is 0. The molecular weight excluding hydrogens is 1630 g/mol. The first kappa shape index (κ1) is 89.9. The van der Waals surface area contributed by atoms with Crippen LogP contribution in [0, 0.1) is 55.4 Å². The average Bonchev–Trinajstić information content (AvgIpc) is 1.33. The standard InChI is InChI=1S/C18H24F2N6O.C16H21F2N5.2C16H20F2N4OS.C15H18F2N4S/c1-13-4-7-26(24-13)17-22-15(21-14-2-5-18(19,20)6-3-14)12-16(23-17)25-8-10-27-11-9-25;1-10-9-14(20-13-4-6-16(17,18)7-5-13)21-15(19-10)23-12(3)8-11(2)22-23;2*1-9-8-24-15(19-9)14-21-12(10(2)23)7-13(22-14)20-11-3-5-16(17,18)6-4-11;1-9-7-12(20-11-3-5-15(16,17)6-4-11)21-13(18-9)14-19-10(2)8-22-14/h4,7,12,14H,2-3,5-6,8-11H2,1H3,(H,21,22,23);8-9,13H,4-7H2,1-3H3,(H,19,20,21);2*7-8,10-11,23H,3-6H2,1-2H3,(H,20,21,22);7-8,11H,3-6H2,1-2H3,(H,18,20,21)/t;;2*10-;/m..10./s1. The van der Waals surface area contributed by atoms with Crippen LogP contribution in [-0.2, 0) is 4.74 Å². The molecule has 39 heteroatoms. The Balaban J connectivity index is 0.000000138. The van der Waals surface area contributed by atoms with E-state index >= 15 is 0 Å². The van der Waals surface area contributed by atoms with Crippen LogP contribution in [0.3, 0.4) is 0 Å². The van der Waals surface area contributed by atoms with Crippen molar-refractivity contribution in [1.29, 1.82) is 0 Å². The van der Waals surface area contributed by atoms with Crippen molar-refractivity contribution in [1.82, 2.24) is 84.4 Å². The maximum absolute atomic E-state index is 13.4. The molecule has 10 aromatic heterocycles. The number of hydrogen-bond acceptors (Lipinski definition) is 27. The Morgan fingerprint density at radius 1 is 0.375 bits per heavy atom. The summed E-state index contributed by atoms with van der Waals surface area (Å²) in [5.74, 6) is -6.39. The van der Waals surface area contributed by atoms with E-state index in [-0.39, 0.29) is 94.4 Å². The number of ether oxygens (including phenoxy) is 1. The summed E-state index contributed by atoms with van der Waals surface area (Å²) in [6, 6.07) is 12.7. The molecule has 5 aliphatic carbocycles. The molecule has 0 spiro atoms. The average molecular weight is 1730 g/mol. The normalized spacial score (nSPS) is 19.2. The number of anilines is 6. The second kappa shape index (κ2) is 39.3. The van der Waals surface area contributed by atoms with Gasteiger partial charge in [0.15, 0.2) is 32.5 Å². The molecule has 6 fully saturated rings. The third-order valence-corrected chi connectivity index (χ3v) is 23.9. The van der Waals surface area contributed by atoms with E-state index < -0.39 is 41.8 Å². The molecule has 26 nitrogen and oxygen atoms in total. The molecule has 648 valence electrons. The SMILES string of the molecule is Cc1cc(NC2CCC(F)(F)CC2)nc(-c2nc(C)cs2)n1.Cc1cc(NC2CCC(F)(F)CC2)nc(-n2nc(C)cc2C)n1.Cc1ccn(-c2nc(NC3CCC(F)(F)CC3)cc(N3CCOCC3)n2)n1.Cc1csc(-c2nc(NC3CCC(F)(F)CC3)cc([C@@H](C)O)n2)n1.Cc1csc(-c2nc(NC3CCC(F)(F)CC3)cc([C@H](C)O)n2)n1. The summed E-state index contributed by atoms with van der Waals surface area (Å²) in [6.45, 7) is 21.3. The van der Waals surface area contributed by atoms with Crippen LogP contribution in [0.1, 0.15) is 211 Å². The van der Waals surface area contributed by atoms with Crippen LogP contribution in [0.5, 0.6) is 0 Å². The van der Waals surface area contributed by atoms with E-state index in [1.54, 1.807) is 35.3 Å². The lowest BCUT2D eigenvalue weighted by molar-refractivity contribution is -0.0366. The summed E-state index contributed by atoms with van der Waals surface area (Å²) in [5.41, 5.74) is 8.04. The fourth-order valence-electron chi connectivity index (χ4n) is 14.4. The van der Waals surface area contributed by atoms with Gasteiger partial charge in [-0.2, -0.15) is 25.1 Å². The first-order valence-electron chi connectivity index (χ1n) is 40.5. The van der Waals surface area contributed by atoms with Crippen molar-refractivity contribution in [3.63, 3.8) is 0 Å². The fourth-order valence-corrected chi connectivity index (χ4v) is 16.6. The molecule has 1 saturated heterocycles. The minimum absolute atomic E-state index is 0.00993. The van der Waals surface area contributed by atoms with E-state index in [2.05, 4.69) is 106 Å². The molecule has 1 aliphatic heterocycles. The summed E-state index contributed by atoms with van der Waals surface area (Å²) in [6.07, 6.45) is 3.70. The molecule has 0 amide bonds. The number of hydrogen-bond donors (Lipinski definition) is 7. The molecule has 0 radical (unpaired) electrons. The Labute approximate surface area is 702 Å². The fraction of sp³-hybridized carbons (Fsp3) is 0.568. The molecule has 11 heterocycles. The number of nitrogens with one attached hydrogen (secondary N) is 5. The zero-order chi connectivity index (χ0) is 85.8. The van der Waals surface area contributed by atoms with Gasteiger partial charge in [-0.25, -0.2) is 103 Å². The van der Waals surface area contributed by atoms with Crippen LogP contribution in [0.4, 0.5) is 78.8 Å². The molecule has 0 aromatic carbocycles. The topological polar surface area (TPSA) is 316 Å². The van der Waals surface area contributed by atoms with Crippen LogP contribution in [0.2, 0.25) is 0 Å². The molecular formula is C81H103F10N23O3S3. The van der Waals surface area contributed by atoms with Gasteiger partial charge in [0.25, 0.3) is 11.9 Å². The van der Waals surface area contributed by atoms with Gasteiger partial charge in [0.1, 0.15) is 34.9 Å². The van der Waals surface area contributed by atoms with Crippen LogP contribution in [0.15, 0.2) is 64.8 Å². The Bertz CT molecular complexity index is 4870. The lowest BCUT2D eigenvalue weighted by Crippen LogP contribution is -2.37. The van der Waals surface area contributed by atoms with Gasteiger partial charge in [-0.05, 0) is 146 Å². The maximum Gasteiger partial charge on any atom is 0.254 e. The number of aromatic nitrogens is 17. The van der Waals surface area contributed by atoms with E-state index in [0.29, 0.717) is 157 Å². The van der Waals surface area contributed by atoms with E-state index in [1.165, 1.54) is 34.0 Å². The van der Waals surface area contributed by atoms with Crippen molar-refractivity contribution in [2.45, 2.75) is 270 Å². The van der Waals surface area contributed by atoms with Gasteiger partial charge >= 0.3 is 0 Å². The molecule has 6 aliphatic rings. The number of thiazole rings is 3. The van der Waals surface area contributed by atoms with Gasteiger partial charge in [-0.3, -0.25) is 0 Å². The van der Waals surface area contributed by atoms with Crippen LogP contribution in [0.25, 0.3) is 44.4 Å². The van der Waals surface area contributed by atoms with Crippen molar-refractivity contribution in [2.75, 3.05) is 57.8 Å². The number of morpholine rings is 1. The van der Waals surface area contributed by atoms with Gasteiger partial charge < -0.3 is 46.4 Å². The smallest absolute Gasteiger partial charge is 0.254 e. The lowest BCUT2D eigenvalue weighted by atomic mass is 9.92. The largest absolute Gasteiger partial charge is 0.387 e. The minimum atomic E-state index is -2.56. The first-order valence-corrected chi connectivity index (χ1v) is 43.1. The molecule has 0 unspecified atom stereocenters. The zero-order valence-corrected chi connectivity index (χ0v) is 71.2. The van der Waals surface area contributed by atoms with E-state index in [1.807, 2.05) is 108 Å². The highest BCUT2D eigenvalue weighted by Crippen LogP contribution is 2.40. The highest BCUT2D eigenvalue weighted by molar-refractivity contribution is 7.13. The number of aliphatic hydroxyl groups excluding tert-OH is 2. The summed E-state index contributed by atoms with van der Waals surface area (Å²) >= 11 is 4.37. The van der Waals surface area contributed by atoms with E-state index in [0.717, 1.165) is 69.5 Å². The number of aliphatic hydroxyl groups is 2. The predicted molar refractivity (Wildman–Crippen MR) is 444 cm³/mol. The van der Waals surface area contributed by atoms with Gasteiger partial charge in [0.2, 0.25) is 29.6 Å². The first-order chi connectivity index (χ1) is 56.9. The Morgan fingerprint density at radius 2 is 0.717 bits per heavy atom. The van der Waals surface area contributed by atoms with Crippen molar-refractivity contribution in [3.05, 3.63) is 122 Å². The molecule has 5 saturated carbocycles. The van der Waals surface area contributed by atoms with Crippen molar-refractivity contribution in [3.8, 4) is 44.4 Å². The Kier molecular flexibility index (Phi) is 29.4. The number of alkyl halides is 10. The van der Waals surface area contributed by atoms with Crippen molar-refractivity contribution in [2.24, 2.45) is 0 Å². The monoisotopic (exact) mass is 1730 g/mol. The summed E-state index contributed by atoms with van der Waals surface area (Å²) < 4.78 is 142. The highest BCUT2D eigenvalue weighted by Gasteiger charge is 2.40. The maximum atomic E-state index is 13.4. The minimum Gasteiger partial charge on any atom is -0.387 e. The molecule has 10 aromatic rings. The number of nitrogens with zero attached hydrogens (tertiary/aromatic N) is 18. The molecule has 16 rings (SSSR count). The third kappa shape index (κ3) is 26.4.